The Kier molecular flexibility index (Phi) is 6.53. The van der Waals surface area contributed by atoms with Crippen LogP contribution in [-0.4, -0.2) is 25.2 Å². The zero-order chi connectivity index (χ0) is 24.2. The number of hydrogen-bond acceptors (Lipinski definition) is 5. The van der Waals surface area contributed by atoms with Crippen LogP contribution >= 0.6 is 0 Å². The Hall–Kier alpha value is -4.13. The quantitative estimate of drug-likeness (QED) is 0.415. The molecule has 1 aromatic heterocycles. The van der Waals surface area contributed by atoms with E-state index >= 15 is 0 Å². The predicted octanol–water partition coefficient (Wildman–Crippen LogP) is 2.27. The maximum Gasteiger partial charge on any atom is 0.416 e. The number of pyridine rings is 1. The third-order valence-electron chi connectivity index (χ3n) is 4.18. The van der Waals surface area contributed by atoms with E-state index in [0.717, 1.165) is 42.6 Å². The maximum absolute atomic E-state index is 12.9. The number of anilines is 1. The van der Waals surface area contributed by atoms with Crippen LogP contribution in [0.4, 0.5) is 18.9 Å². The van der Waals surface area contributed by atoms with Crippen molar-refractivity contribution in [2.45, 2.75) is 11.1 Å². The number of halogens is 3. The molecule has 0 aliphatic carbocycles. The number of carbonyl (C=O) groups is 2. The summed E-state index contributed by atoms with van der Waals surface area (Å²) in [4.78, 5) is 37.2. The minimum Gasteiger partial charge on any atom is -0.328 e. The summed E-state index contributed by atoms with van der Waals surface area (Å²) < 4.78 is 65.8. The first-order chi connectivity index (χ1) is 15.5. The normalized spacial score (nSPS) is 11.5. The van der Waals surface area contributed by atoms with Crippen molar-refractivity contribution in [2.24, 2.45) is 0 Å². The van der Waals surface area contributed by atoms with Crippen LogP contribution in [0.15, 0.2) is 76.6 Å². The Balaban J connectivity index is 1.72. The number of sulfonamides is 1. The van der Waals surface area contributed by atoms with Crippen molar-refractivity contribution >= 4 is 27.5 Å². The maximum atomic E-state index is 12.9. The van der Waals surface area contributed by atoms with E-state index in [1.807, 2.05) is 4.72 Å². The number of alkyl halides is 3. The van der Waals surface area contributed by atoms with Crippen molar-refractivity contribution < 1.29 is 31.2 Å². The van der Waals surface area contributed by atoms with Gasteiger partial charge in [0, 0.05) is 23.5 Å². The Bertz CT molecular complexity index is 1350. The highest BCUT2D eigenvalue weighted by molar-refractivity contribution is 7.92. The van der Waals surface area contributed by atoms with Crippen molar-refractivity contribution in [3.63, 3.8) is 0 Å². The Morgan fingerprint density at radius 3 is 2.15 bits per heavy atom. The molecule has 0 aliphatic heterocycles. The van der Waals surface area contributed by atoms with Crippen LogP contribution in [0.25, 0.3) is 0 Å². The smallest absolute Gasteiger partial charge is 0.328 e. The Morgan fingerprint density at radius 2 is 1.52 bits per heavy atom. The number of carbonyl (C=O) groups excluding carboxylic acids is 2. The number of hydrazine groups is 1. The second-order valence-electron chi connectivity index (χ2n) is 6.56. The second kappa shape index (κ2) is 9.16. The largest absolute Gasteiger partial charge is 0.416 e. The lowest BCUT2D eigenvalue weighted by molar-refractivity contribution is -0.137. The van der Waals surface area contributed by atoms with E-state index in [9.17, 15) is 36.0 Å². The van der Waals surface area contributed by atoms with Crippen molar-refractivity contribution in [2.75, 3.05) is 4.72 Å². The molecule has 0 fully saturated rings. The van der Waals surface area contributed by atoms with Crippen LogP contribution in [0.3, 0.4) is 0 Å². The SMILES string of the molecule is O=C(NNC(=O)c1cccc(S(=O)(=O)Nc2cccc(C(F)(F)F)c2)c1)c1ccc(=O)[nH]c1. The van der Waals surface area contributed by atoms with Gasteiger partial charge in [-0.1, -0.05) is 12.1 Å². The van der Waals surface area contributed by atoms with Gasteiger partial charge in [-0.05, 0) is 42.5 Å². The van der Waals surface area contributed by atoms with E-state index in [2.05, 4.69) is 15.8 Å². The molecule has 0 radical (unpaired) electrons. The van der Waals surface area contributed by atoms with E-state index in [4.69, 9.17) is 0 Å². The molecule has 0 aliphatic rings. The summed E-state index contributed by atoms with van der Waals surface area (Å²) in [6.07, 6.45) is -3.52. The third-order valence-corrected chi connectivity index (χ3v) is 5.56. The van der Waals surface area contributed by atoms with Gasteiger partial charge in [0.15, 0.2) is 0 Å². The molecule has 13 heteroatoms. The molecule has 0 atom stereocenters. The minimum atomic E-state index is -4.65. The number of H-pyrrole nitrogens is 1. The number of amides is 2. The molecule has 2 aromatic carbocycles. The van der Waals surface area contributed by atoms with E-state index in [-0.39, 0.29) is 21.7 Å². The van der Waals surface area contributed by atoms with E-state index in [1.54, 1.807) is 0 Å². The van der Waals surface area contributed by atoms with Crippen LogP contribution in [0.5, 0.6) is 0 Å². The molecule has 3 rings (SSSR count). The summed E-state index contributed by atoms with van der Waals surface area (Å²) in [7, 11) is -4.33. The average Bonchev–Trinajstić information content (AvgIpc) is 2.77. The molecule has 0 saturated carbocycles. The van der Waals surface area contributed by atoms with Gasteiger partial charge < -0.3 is 4.98 Å². The minimum absolute atomic E-state index is 0.0523. The highest BCUT2D eigenvalue weighted by Crippen LogP contribution is 2.31. The van der Waals surface area contributed by atoms with E-state index in [1.165, 1.54) is 18.2 Å². The highest BCUT2D eigenvalue weighted by atomic mass is 32.2. The molecular weight excluding hydrogens is 465 g/mol. The van der Waals surface area contributed by atoms with Crippen LogP contribution in [0, 0.1) is 0 Å². The van der Waals surface area contributed by atoms with Crippen LogP contribution in [0.1, 0.15) is 26.3 Å². The standard InChI is InChI=1S/C20H15F3N4O5S/c21-20(22,23)14-4-2-5-15(10-14)27-33(31,32)16-6-1-3-12(9-16)18(29)25-26-19(30)13-7-8-17(28)24-11-13/h1-11,27H,(H,24,28)(H,25,29)(H,26,30). The summed E-state index contributed by atoms with van der Waals surface area (Å²) in [5, 5.41) is 0. The Morgan fingerprint density at radius 1 is 0.848 bits per heavy atom. The van der Waals surface area contributed by atoms with Gasteiger partial charge in [0.1, 0.15) is 0 Å². The van der Waals surface area contributed by atoms with Crippen molar-refractivity contribution in [1.29, 1.82) is 0 Å². The number of aromatic nitrogens is 1. The van der Waals surface area contributed by atoms with Crippen molar-refractivity contribution in [3.05, 3.63) is 93.9 Å². The number of benzene rings is 2. The fourth-order valence-electron chi connectivity index (χ4n) is 2.59. The molecule has 9 nitrogen and oxygen atoms in total. The fourth-order valence-corrected chi connectivity index (χ4v) is 3.68. The third kappa shape index (κ3) is 5.98. The van der Waals surface area contributed by atoms with Crippen LogP contribution in [-0.2, 0) is 16.2 Å². The predicted molar refractivity (Wildman–Crippen MR) is 111 cm³/mol. The Labute approximate surface area is 184 Å². The topological polar surface area (TPSA) is 137 Å². The monoisotopic (exact) mass is 480 g/mol. The molecule has 172 valence electrons. The number of hydrogen-bond donors (Lipinski definition) is 4. The van der Waals surface area contributed by atoms with Gasteiger partial charge >= 0.3 is 6.18 Å². The van der Waals surface area contributed by atoms with Crippen LogP contribution < -0.4 is 21.1 Å². The first-order valence-electron chi connectivity index (χ1n) is 9.05. The molecule has 0 spiro atoms. The zero-order valence-electron chi connectivity index (χ0n) is 16.4. The van der Waals surface area contributed by atoms with Crippen molar-refractivity contribution in [3.8, 4) is 0 Å². The molecule has 1 heterocycles. The summed E-state index contributed by atoms with van der Waals surface area (Å²) in [5.41, 5.74) is 2.33. The highest BCUT2D eigenvalue weighted by Gasteiger charge is 2.30. The second-order valence-corrected chi connectivity index (χ2v) is 8.24. The molecular formula is C20H15F3N4O5S. The molecule has 0 saturated heterocycles. The van der Waals surface area contributed by atoms with Crippen LogP contribution in [0.2, 0.25) is 0 Å². The lowest BCUT2D eigenvalue weighted by atomic mass is 10.2. The van der Waals surface area contributed by atoms with Gasteiger partial charge in [-0.2, -0.15) is 13.2 Å². The van der Waals surface area contributed by atoms with Gasteiger partial charge in [-0.25, -0.2) is 8.42 Å². The summed E-state index contributed by atoms with van der Waals surface area (Å²) in [6.45, 7) is 0. The van der Waals surface area contributed by atoms with Gasteiger partial charge in [0.2, 0.25) is 5.56 Å². The molecule has 2 amide bonds. The molecule has 0 bridgehead atoms. The van der Waals surface area contributed by atoms with Gasteiger partial charge in [0.25, 0.3) is 21.8 Å². The number of nitrogens with one attached hydrogen (secondary N) is 4. The molecule has 33 heavy (non-hydrogen) atoms. The zero-order valence-corrected chi connectivity index (χ0v) is 17.3. The summed E-state index contributed by atoms with van der Waals surface area (Å²) >= 11 is 0. The molecule has 3 aromatic rings. The lowest BCUT2D eigenvalue weighted by Crippen LogP contribution is -2.41. The lowest BCUT2D eigenvalue weighted by Gasteiger charge is -2.12. The summed E-state index contributed by atoms with van der Waals surface area (Å²) in [6, 6.07) is 10.6. The first-order valence-corrected chi connectivity index (χ1v) is 10.5. The molecule has 0 unspecified atom stereocenters. The van der Waals surface area contributed by atoms with Crippen molar-refractivity contribution in [1.82, 2.24) is 15.8 Å². The number of aromatic amines is 1. The first kappa shape index (κ1) is 23.5. The average molecular weight is 480 g/mol. The van der Waals surface area contributed by atoms with E-state index < -0.39 is 39.1 Å². The van der Waals surface area contributed by atoms with E-state index in [0.29, 0.717) is 6.07 Å². The number of rotatable bonds is 5. The van der Waals surface area contributed by atoms with Gasteiger partial charge in [0.05, 0.1) is 16.0 Å². The van der Waals surface area contributed by atoms with Gasteiger partial charge in [-0.15, -0.1) is 0 Å². The van der Waals surface area contributed by atoms with Gasteiger partial charge in [-0.3, -0.25) is 30.0 Å². The summed E-state index contributed by atoms with van der Waals surface area (Å²) in [5.74, 6) is -1.60. The molecule has 4 N–H and O–H groups in total. The fraction of sp³-hybridized carbons (Fsp3) is 0.0500.